The van der Waals surface area contributed by atoms with Gasteiger partial charge in [-0.05, 0) is 53.6 Å². The molecule has 1 atom stereocenters. The molecule has 0 aromatic heterocycles. The summed E-state index contributed by atoms with van der Waals surface area (Å²) in [7, 11) is 1.62. The van der Waals surface area contributed by atoms with Gasteiger partial charge in [0.1, 0.15) is 5.75 Å². The lowest BCUT2D eigenvalue weighted by Gasteiger charge is -2.24. The molecule has 0 aliphatic carbocycles. The molecule has 2 aromatic rings. The number of halogens is 1. The van der Waals surface area contributed by atoms with Crippen LogP contribution in [-0.4, -0.2) is 13.1 Å². The highest BCUT2D eigenvalue weighted by Crippen LogP contribution is 2.25. The molecule has 0 radical (unpaired) electrons. The molecule has 3 rings (SSSR count). The molecule has 0 spiro atoms. The predicted octanol–water partition coefficient (Wildman–Crippen LogP) is 3.74. The Morgan fingerprint density at radius 3 is 2.36 bits per heavy atom. The summed E-state index contributed by atoms with van der Waals surface area (Å²) >= 11 is 5.91. The molecule has 2 N–H and O–H groups in total. The Hall–Kier alpha value is -2.46. The van der Waals surface area contributed by atoms with Crippen molar-refractivity contribution in [2.45, 2.75) is 6.04 Å². The van der Waals surface area contributed by atoms with E-state index in [1.54, 1.807) is 7.11 Å². The van der Waals surface area contributed by atoms with Gasteiger partial charge in [0.25, 0.3) is 0 Å². The lowest BCUT2D eigenvalue weighted by molar-refractivity contribution is 0.241. The van der Waals surface area contributed by atoms with Crippen molar-refractivity contribution < 1.29 is 9.53 Å². The van der Waals surface area contributed by atoms with Crippen LogP contribution in [0.15, 0.2) is 54.6 Å². The highest BCUT2D eigenvalue weighted by molar-refractivity contribution is 6.30. The van der Waals surface area contributed by atoms with Crippen LogP contribution < -0.4 is 15.4 Å². The molecule has 2 aromatic carbocycles. The number of rotatable bonds is 3. The van der Waals surface area contributed by atoms with Crippen molar-refractivity contribution >= 4 is 23.3 Å². The fourth-order valence-electron chi connectivity index (χ4n) is 2.34. The average Bonchev–Trinajstić information content (AvgIpc) is 2.55. The smallest absolute Gasteiger partial charge is 0.319 e. The molecule has 2 amide bonds. The van der Waals surface area contributed by atoms with Crippen LogP contribution in [0.2, 0.25) is 5.02 Å². The molecule has 1 aliphatic heterocycles. The summed E-state index contributed by atoms with van der Waals surface area (Å²) in [6, 6.07) is 14.6. The van der Waals surface area contributed by atoms with Crippen molar-refractivity contribution in [3.05, 3.63) is 70.8 Å². The first-order valence-electron chi connectivity index (χ1n) is 6.85. The Morgan fingerprint density at radius 1 is 1.05 bits per heavy atom. The highest BCUT2D eigenvalue weighted by Gasteiger charge is 2.20. The van der Waals surface area contributed by atoms with E-state index in [-0.39, 0.29) is 12.1 Å². The van der Waals surface area contributed by atoms with Gasteiger partial charge >= 0.3 is 6.03 Å². The van der Waals surface area contributed by atoms with Gasteiger partial charge in [-0.1, -0.05) is 23.7 Å². The highest BCUT2D eigenvalue weighted by atomic mass is 35.5. The minimum atomic E-state index is -0.228. The Bertz CT molecular complexity index is 708. The molecule has 0 bridgehead atoms. The molecular formula is C17H15ClN2O2. The minimum absolute atomic E-state index is 0.192. The van der Waals surface area contributed by atoms with E-state index in [4.69, 9.17) is 16.3 Å². The van der Waals surface area contributed by atoms with Gasteiger partial charge in [0.05, 0.1) is 13.2 Å². The minimum Gasteiger partial charge on any atom is -0.497 e. The summed E-state index contributed by atoms with van der Waals surface area (Å²) in [6.07, 6.45) is 1.98. The van der Waals surface area contributed by atoms with Crippen LogP contribution in [0.4, 0.5) is 4.79 Å². The van der Waals surface area contributed by atoms with Crippen LogP contribution in [0.25, 0.3) is 5.70 Å². The van der Waals surface area contributed by atoms with E-state index in [0.717, 1.165) is 22.6 Å². The number of nitrogens with one attached hydrogen (secondary N) is 2. The van der Waals surface area contributed by atoms with Gasteiger partial charge in [0, 0.05) is 10.7 Å². The summed E-state index contributed by atoms with van der Waals surface area (Å²) in [5, 5.41) is 6.38. The molecule has 5 heteroatoms. The van der Waals surface area contributed by atoms with Crippen LogP contribution in [0.1, 0.15) is 17.2 Å². The van der Waals surface area contributed by atoms with E-state index in [2.05, 4.69) is 10.6 Å². The number of methoxy groups -OCH3 is 1. The molecule has 0 saturated carbocycles. The van der Waals surface area contributed by atoms with Crippen molar-refractivity contribution in [1.82, 2.24) is 10.6 Å². The summed E-state index contributed by atoms with van der Waals surface area (Å²) in [6.45, 7) is 0. The molecule has 1 heterocycles. The molecule has 1 unspecified atom stereocenters. The Labute approximate surface area is 133 Å². The fraction of sp³-hybridized carbons (Fsp3) is 0.118. The molecule has 1 aliphatic rings. The van der Waals surface area contributed by atoms with Gasteiger partial charge in [-0.25, -0.2) is 4.79 Å². The van der Waals surface area contributed by atoms with Crippen LogP contribution in [0.5, 0.6) is 5.75 Å². The van der Waals surface area contributed by atoms with Crippen LogP contribution in [0.3, 0.4) is 0 Å². The second-order valence-electron chi connectivity index (χ2n) is 4.94. The normalized spacial score (nSPS) is 17.3. The quantitative estimate of drug-likeness (QED) is 0.906. The lowest BCUT2D eigenvalue weighted by atomic mass is 10.0. The number of carbonyl (C=O) groups excluding carboxylic acids is 1. The zero-order chi connectivity index (χ0) is 15.5. The first kappa shape index (κ1) is 14.5. The molecular weight excluding hydrogens is 300 g/mol. The zero-order valence-electron chi connectivity index (χ0n) is 12.0. The lowest BCUT2D eigenvalue weighted by Crippen LogP contribution is -2.40. The maximum absolute atomic E-state index is 11.9. The second kappa shape index (κ2) is 6.12. The van der Waals surface area contributed by atoms with E-state index >= 15 is 0 Å². The largest absolute Gasteiger partial charge is 0.497 e. The predicted molar refractivity (Wildman–Crippen MR) is 86.8 cm³/mol. The third-order valence-corrected chi connectivity index (χ3v) is 3.75. The number of urea groups is 1. The molecule has 4 nitrogen and oxygen atoms in total. The van der Waals surface area contributed by atoms with E-state index < -0.39 is 0 Å². The summed E-state index contributed by atoms with van der Waals surface area (Å²) in [5.74, 6) is 0.777. The SMILES string of the molecule is COc1ccc(C2=CC(c3ccc(Cl)cc3)NC(=O)N2)cc1. The number of benzene rings is 2. The van der Waals surface area contributed by atoms with E-state index in [9.17, 15) is 4.79 Å². The van der Waals surface area contributed by atoms with E-state index in [1.807, 2.05) is 54.6 Å². The fourth-order valence-corrected chi connectivity index (χ4v) is 2.46. The van der Waals surface area contributed by atoms with Gasteiger partial charge in [-0.15, -0.1) is 0 Å². The number of ether oxygens (including phenoxy) is 1. The topological polar surface area (TPSA) is 50.4 Å². The maximum atomic E-state index is 11.9. The van der Waals surface area contributed by atoms with E-state index in [1.165, 1.54) is 0 Å². The standard InChI is InChI=1S/C17H15ClN2O2/c1-22-14-8-4-12(5-9-14)16-10-15(19-17(21)20-16)11-2-6-13(18)7-3-11/h2-10,15H,1H3,(H2,19,20,21). The molecule has 0 saturated heterocycles. The summed E-state index contributed by atoms with van der Waals surface area (Å²) in [4.78, 5) is 11.9. The number of hydrogen-bond donors (Lipinski definition) is 2. The summed E-state index contributed by atoms with van der Waals surface area (Å²) in [5.41, 5.74) is 2.67. The molecule has 0 fully saturated rings. The van der Waals surface area contributed by atoms with Crippen LogP contribution in [0, 0.1) is 0 Å². The van der Waals surface area contributed by atoms with Gasteiger partial charge in [-0.3, -0.25) is 0 Å². The first-order valence-corrected chi connectivity index (χ1v) is 7.23. The molecule has 112 valence electrons. The average molecular weight is 315 g/mol. The maximum Gasteiger partial charge on any atom is 0.319 e. The monoisotopic (exact) mass is 314 g/mol. The Morgan fingerprint density at radius 2 is 1.73 bits per heavy atom. The second-order valence-corrected chi connectivity index (χ2v) is 5.37. The van der Waals surface area contributed by atoms with E-state index in [0.29, 0.717) is 5.02 Å². The Balaban J connectivity index is 1.92. The number of hydrogen-bond acceptors (Lipinski definition) is 2. The van der Waals surface area contributed by atoms with Gasteiger partial charge in [0.15, 0.2) is 0 Å². The van der Waals surface area contributed by atoms with Gasteiger partial charge < -0.3 is 15.4 Å². The summed E-state index contributed by atoms with van der Waals surface area (Å²) < 4.78 is 5.15. The number of carbonyl (C=O) groups is 1. The van der Waals surface area contributed by atoms with Crippen LogP contribution >= 0.6 is 11.6 Å². The third kappa shape index (κ3) is 3.07. The Kier molecular flexibility index (Phi) is 4.02. The van der Waals surface area contributed by atoms with Crippen molar-refractivity contribution in [3.8, 4) is 5.75 Å². The first-order chi connectivity index (χ1) is 10.7. The zero-order valence-corrected chi connectivity index (χ0v) is 12.7. The van der Waals surface area contributed by atoms with Crippen molar-refractivity contribution in [3.63, 3.8) is 0 Å². The van der Waals surface area contributed by atoms with Crippen molar-refractivity contribution in [2.75, 3.05) is 7.11 Å². The van der Waals surface area contributed by atoms with Crippen molar-refractivity contribution in [2.24, 2.45) is 0 Å². The van der Waals surface area contributed by atoms with Gasteiger partial charge in [-0.2, -0.15) is 0 Å². The van der Waals surface area contributed by atoms with Gasteiger partial charge in [0.2, 0.25) is 0 Å². The van der Waals surface area contributed by atoms with Crippen molar-refractivity contribution in [1.29, 1.82) is 0 Å². The number of amides is 2. The molecule has 22 heavy (non-hydrogen) atoms. The van der Waals surface area contributed by atoms with Crippen LogP contribution in [-0.2, 0) is 0 Å². The third-order valence-electron chi connectivity index (χ3n) is 3.50.